The number of nitrogens with one attached hydrogen (secondary N) is 3. The monoisotopic (exact) mass is 302 g/mol. The van der Waals surface area contributed by atoms with E-state index in [1.165, 1.54) is 6.20 Å². The summed E-state index contributed by atoms with van der Waals surface area (Å²) in [6.07, 6.45) is 2.34. The molecule has 0 fully saturated rings. The summed E-state index contributed by atoms with van der Waals surface area (Å²) < 4.78 is 0.336. The third-order valence-electron chi connectivity index (χ3n) is 2.11. The Bertz CT molecular complexity index is 446. The van der Waals surface area contributed by atoms with Crippen molar-refractivity contribution in [3.05, 3.63) is 21.0 Å². The number of carbonyl (C=O) groups is 1. The Balaban J connectivity index is 2.68. The van der Waals surface area contributed by atoms with Gasteiger partial charge in [-0.05, 0) is 29.3 Å². The molecule has 1 aromatic heterocycles. The van der Waals surface area contributed by atoms with Gasteiger partial charge in [-0.25, -0.2) is 5.10 Å². The lowest BCUT2D eigenvalue weighted by Crippen LogP contribution is -2.38. The highest BCUT2D eigenvalue weighted by molar-refractivity contribution is 9.10. The van der Waals surface area contributed by atoms with Gasteiger partial charge in [-0.15, -0.1) is 0 Å². The second kappa shape index (κ2) is 6.39. The normalized spacial score (nSPS) is 11.9. The first-order chi connectivity index (χ1) is 8.06. The molecule has 94 valence electrons. The van der Waals surface area contributed by atoms with E-state index in [1.807, 2.05) is 6.92 Å². The van der Waals surface area contributed by atoms with Gasteiger partial charge >= 0.3 is 0 Å². The summed E-state index contributed by atoms with van der Waals surface area (Å²) in [5.74, 6) is -0.112. The Morgan fingerprint density at radius 3 is 3.00 bits per heavy atom. The first-order valence-corrected chi connectivity index (χ1v) is 6.13. The average molecular weight is 303 g/mol. The number of nitrogens with zero attached hydrogens (tertiary/aromatic N) is 1. The zero-order valence-electron chi connectivity index (χ0n) is 9.71. The fourth-order valence-corrected chi connectivity index (χ4v) is 1.49. The molecule has 0 spiro atoms. The number of halogens is 1. The summed E-state index contributed by atoms with van der Waals surface area (Å²) in [5, 5.41) is 11.6. The van der Waals surface area contributed by atoms with Crippen LogP contribution in [0, 0.1) is 0 Å². The predicted octanol–water partition coefficient (Wildman–Crippen LogP) is 0.859. The van der Waals surface area contributed by atoms with Gasteiger partial charge in [-0.2, -0.15) is 5.10 Å². The highest BCUT2D eigenvalue weighted by Gasteiger charge is 2.14. The number of H-pyrrole nitrogens is 1. The molecule has 0 radical (unpaired) electrons. The number of hydrogen-bond donors (Lipinski definition) is 3. The molecule has 0 aliphatic rings. The second-order valence-corrected chi connectivity index (χ2v) is 4.38. The van der Waals surface area contributed by atoms with Gasteiger partial charge in [0.1, 0.15) is 10.5 Å². The van der Waals surface area contributed by atoms with E-state index in [9.17, 15) is 9.59 Å². The quantitative estimate of drug-likeness (QED) is 0.753. The highest BCUT2D eigenvalue weighted by atomic mass is 79.9. The summed E-state index contributed by atoms with van der Waals surface area (Å²) >= 11 is 3.13. The average Bonchev–Trinajstić information content (AvgIpc) is 2.31. The van der Waals surface area contributed by atoms with E-state index >= 15 is 0 Å². The minimum atomic E-state index is -0.429. The second-order valence-electron chi connectivity index (χ2n) is 3.58. The maximum atomic E-state index is 11.6. The van der Waals surface area contributed by atoms with Crippen LogP contribution in [0.25, 0.3) is 0 Å². The van der Waals surface area contributed by atoms with Crippen molar-refractivity contribution < 1.29 is 4.79 Å². The molecular weight excluding hydrogens is 288 g/mol. The molecule has 1 heterocycles. The molecule has 1 amide bonds. The number of amides is 1. The molecule has 0 saturated carbocycles. The van der Waals surface area contributed by atoms with E-state index in [0.717, 1.165) is 6.42 Å². The van der Waals surface area contributed by atoms with Crippen LogP contribution in [0.1, 0.15) is 20.3 Å². The zero-order valence-corrected chi connectivity index (χ0v) is 11.3. The fraction of sp³-hybridized carbons (Fsp3) is 0.500. The maximum absolute atomic E-state index is 11.6. The van der Waals surface area contributed by atoms with E-state index < -0.39 is 6.04 Å². The van der Waals surface area contributed by atoms with Crippen molar-refractivity contribution in [3.8, 4) is 0 Å². The number of carbonyl (C=O) groups excluding carboxylic acids is 1. The Morgan fingerprint density at radius 1 is 1.65 bits per heavy atom. The standard InChI is InChI=1S/C10H15BrN4O2/c1-3-4-12-9(16)6(2)14-7-5-13-15-10(17)8(7)11/h5-6H,3-4H2,1-2H3,(H,12,16)(H2,14,15,17). The van der Waals surface area contributed by atoms with Gasteiger partial charge in [-0.1, -0.05) is 6.92 Å². The highest BCUT2D eigenvalue weighted by Crippen LogP contribution is 2.16. The van der Waals surface area contributed by atoms with E-state index in [1.54, 1.807) is 6.92 Å². The van der Waals surface area contributed by atoms with Crippen LogP contribution in [-0.4, -0.2) is 28.7 Å². The fourth-order valence-electron chi connectivity index (χ4n) is 1.18. The zero-order chi connectivity index (χ0) is 12.8. The Morgan fingerprint density at radius 2 is 2.35 bits per heavy atom. The minimum Gasteiger partial charge on any atom is -0.372 e. The Hall–Kier alpha value is -1.37. The summed E-state index contributed by atoms with van der Waals surface area (Å²) in [4.78, 5) is 22.9. The smallest absolute Gasteiger partial charge is 0.280 e. The molecule has 7 heteroatoms. The topological polar surface area (TPSA) is 86.9 Å². The van der Waals surface area contributed by atoms with Crippen LogP contribution >= 0.6 is 15.9 Å². The lowest BCUT2D eigenvalue weighted by molar-refractivity contribution is -0.121. The van der Waals surface area contributed by atoms with Crippen LogP contribution in [-0.2, 0) is 4.79 Å². The van der Waals surface area contributed by atoms with Crippen molar-refractivity contribution in [2.75, 3.05) is 11.9 Å². The third-order valence-corrected chi connectivity index (χ3v) is 2.90. The molecule has 1 rings (SSSR count). The van der Waals surface area contributed by atoms with Gasteiger partial charge < -0.3 is 10.6 Å². The Labute approximate surface area is 107 Å². The summed E-state index contributed by atoms with van der Waals surface area (Å²) in [6.45, 7) is 4.34. The van der Waals surface area contributed by atoms with E-state index in [0.29, 0.717) is 16.7 Å². The van der Waals surface area contributed by atoms with Crippen molar-refractivity contribution in [2.45, 2.75) is 26.3 Å². The molecule has 0 aromatic carbocycles. The maximum Gasteiger partial charge on any atom is 0.280 e. The third kappa shape index (κ3) is 3.85. The van der Waals surface area contributed by atoms with Crippen LogP contribution in [0.15, 0.2) is 15.5 Å². The number of hydrogen-bond acceptors (Lipinski definition) is 4. The molecule has 0 aliphatic carbocycles. The molecule has 6 nitrogen and oxygen atoms in total. The van der Waals surface area contributed by atoms with Gasteiger partial charge in [0.2, 0.25) is 5.91 Å². The number of aromatic amines is 1. The van der Waals surface area contributed by atoms with Gasteiger partial charge in [0.15, 0.2) is 0 Å². The van der Waals surface area contributed by atoms with Crippen molar-refractivity contribution >= 4 is 27.5 Å². The number of rotatable bonds is 5. The molecule has 1 unspecified atom stereocenters. The number of aromatic nitrogens is 2. The number of anilines is 1. The molecule has 1 atom stereocenters. The Kier molecular flexibility index (Phi) is 5.14. The molecule has 1 aromatic rings. The largest absolute Gasteiger partial charge is 0.372 e. The van der Waals surface area contributed by atoms with E-state index in [2.05, 4.69) is 36.8 Å². The van der Waals surface area contributed by atoms with Gasteiger partial charge in [-0.3, -0.25) is 9.59 Å². The summed E-state index contributed by atoms with van der Waals surface area (Å²) in [5.41, 5.74) is 0.157. The minimum absolute atomic E-state index is 0.112. The SMILES string of the molecule is CCCNC(=O)C(C)Nc1cn[nH]c(=O)c1Br. The van der Waals surface area contributed by atoms with Crippen molar-refractivity contribution in [2.24, 2.45) is 0 Å². The molecular formula is C10H15BrN4O2. The molecule has 0 saturated heterocycles. The predicted molar refractivity (Wildman–Crippen MR) is 68.9 cm³/mol. The summed E-state index contributed by atoms with van der Waals surface area (Å²) in [7, 11) is 0. The molecule has 0 aliphatic heterocycles. The molecule has 17 heavy (non-hydrogen) atoms. The van der Waals surface area contributed by atoms with E-state index in [-0.39, 0.29) is 11.5 Å². The van der Waals surface area contributed by atoms with Crippen LogP contribution < -0.4 is 16.2 Å². The van der Waals surface area contributed by atoms with Crippen LogP contribution in [0.3, 0.4) is 0 Å². The lowest BCUT2D eigenvalue weighted by atomic mass is 10.3. The first-order valence-electron chi connectivity index (χ1n) is 5.33. The van der Waals surface area contributed by atoms with Crippen molar-refractivity contribution in [1.82, 2.24) is 15.5 Å². The van der Waals surface area contributed by atoms with Crippen molar-refractivity contribution in [1.29, 1.82) is 0 Å². The van der Waals surface area contributed by atoms with Crippen LogP contribution in [0.5, 0.6) is 0 Å². The molecule has 0 bridgehead atoms. The van der Waals surface area contributed by atoms with E-state index in [4.69, 9.17) is 0 Å². The molecule has 3 N–H and O–H groups in total. The van der Waals surface area contributed by atoms with Crippen LogP contribution in [0.2, 0.25) is 0 Å². The van der Waals surface area contributed by atoms with Crippen LogP contribution in [0.4, 0.5) is 5.69 Å². The van der Waals surface area contributed by atoms with Crippen molar-refractivity contribution in [3.63, 3.8) is 0 Å². The van der Waals surface area contributed by atoms with Gasteiger partial charge in [0.05, 0.1) is 11.9 Å². The lowest BCUT2D eigenvalue weighted by Gasteiger charge is -2.15. The van der Waals surface area contributed by atoms with Gasteiger partial charge in [0.25, 0.3) is 5.56 Å². The van der Waals surface area contributed by atoms with Gasteiger partial charge in [0, 0.05) is 6.54 Å². The summed E-state index contributed by atoms with van der Waals surface area (Å²) in [6, 6.07) is -0.429. The first kappa shape index (κ1) is 13.7.